The Bertz CT molecular complexity index is 1130. The van der Waals surface area contributed by atoms with Crippen molar-refractivity contribution in [2.45, 2.75) is 57.0 Å². The SMILES string of the molecule is COc1nc(N2CC3CCC(C2)N3)c2cc(F)c(C(C)C/C=C\C3=CC=CCC3)c(F)c2n1. The van der Waals surface area contributed by atoms with Gasteiger partial charge in [0.25, 0.3) is 0 Å². The van der Waals surface area contributed by atoms with Crippen LogP contribution < -0.4 is 15.0 Å². The van der Waals surface area contributed by atoms with Crippen LogP contribution in [-0.4, -0.2) is 42.3 Å². The maximum absolute atomic E-state index is 15.7. The van der Waals surface area contributed by atoms with Gasteiger partial charge in [0.1, 0.15) is 17.2 Å². The van der Waals surface area contributed by atoms with Crippen molar-refractivity contribution in [3.05, 3.63) is 59.2 Å². The first-order valence-corrected chi connectivity index (χ1v) is 11.8. The highest BCUT2D eigenvalue weighted by atomic mass is 19.1. The van der Waals surface area contributed by atoms with E-state index >= 15 is 8.78 Å². The molecular formula is C26H30F2N4O. The number of rotatable bonds is 6. The van der Waals surface area contributed by atoms with Crippen LogP contribution in [0.25, 0.3) is 10.9 Å². The Morgan fingerprint density at radius 3 is 2.73 bits per heavy atom. The normalized spacial score (nSPS) is 23.4. The van der Waals surface area contributed by atoms with E-state index < -0.39 is 11.6 Å². The zero-order valence-corrected chi connectivity index (χ0v) is 19.2. The Balaban J connectivity index is 1.49. The molecule has 0 amide bonds. The minimum atomic E-state index is -0.620. The van der Waals surface area contributed by atoms with Crippen LogP contribution in [0.5, 0.6) is 6.01 Å². The summed E-state index contributed by atoms with van der Waals surface area (Å²) in [5, 5.41) is 3.98. The van der Waals surface area contributed by atoms with E-state index in [-0.39, 0.29) is 23.0 Å². The lowest BCUT2D eigenvalue weighted by Crippen LogP contribution is -2.51. The lowest BCUT2D eigenvalue weighted by atomic mass is 9.94. The maximum atomic E-state index is 15.7. The van der Waals surface area contributed by atoms with Crippen molar-refractivity contribution < 1.29 is 13.5 Å². The predicted molar refractivity (Wildman–Crippen MR) is 127 cm³/mol. The lowest BCUT2D eigenvalue weighted by Gasteiger charge is -2.34. The highest BCUT2D eigenvalue weighted by Crippen LogP contribution is 2.36. The minimum Gasteiger partial charge on any atom is -0.467 e. The zero-order chi connectivity index (χ0) is 22.9. The number of ether oxygens (including phenoxy) is 1. The molecule has 0 radical (unpaired) electrons. The van der Waals surface area contributed by atoms with E-state index in [4.69, 9.17) is 4.74 Å². The molecule has 2 aromatic rings. The van der Waals surface area contributed by atoms with Crippen molar-refractivity contribution in [2.75, 3.05) is 25.1 Å². The number of benzene rings is 1. The number of halogens is 2. The van der Waals surface area contributed by atoms with Gasteiger partial charge in [-0.2, -0.15) is 9.97 Å². The van der Waals surface area contributed by atoms with E-state index in [0.717, 1.165) is 38.8 Å². The topological polar surface area (TPSA) is 50.3 Å². The molecule has 5 rings (SSSR count). The van der Waals surface area contributed by atoms with Gasteiger partial charge < -0.3 is 15.0 Å². The van der Waals surface area contributed by atoms with Crippen LogP contribution in [0.1, 0.15) is 50.5 Å². The predicted octanol–water partition coefficient (Wildman–Crippen LogP) is 5.18. The summed E-state index contributed by atoms with van der Waals surface area (Å²) in [5.74, 6) is -0.950. The van der Waals surface area contributed by atoms with Crippen molar-refractivity contribution in [3.63, 3.8) is 0 Å². The first-order valence-electron chi connectivity index (χ1n) is 11.8. The number of nitrogens with zero attached hydrogens (tertiary/aromatic N) is 3. The molecule has 3 unspecified atom stereocenters. The molecule has 2 bridgehead atoms. The van der Waals surface area contributed by atoms with Gasteiger partial charge >= 0.3 is 6.01 Å². The summed E-state index contributed by atoms with van der Waals surface area (Å²) in [6, 6.07) is 2.25. The standard InChI is InChI=1S/C26H30F2N4O/c1-16(7-6-10-17-8-4-3-5-9-17)22-21(27)13-20-24(23(22)28)30-26(33-2)31-25(20)32-14-18-11-12-19(15-32)29-18/h3-4,6,8,10,13,16,18-19,29H,5,7,9,11-12,14-15H2,1-2H3/b10-6-. The number of methoxy groups -OCH3 is 1. The Morgan fingerprint density at radius 1 is 1.24 bits per heavy atom. The van der Waals surface area contributed by atoms with Crippen LogP contribution in [0.2, 0.25) is 0 Å². The van der Waals surface area contributed by atoms with Gasteiger partial charge in [-0.3, -0.25) is 0 Å². The van der Waals surface area contributed by atoms with E-state index in [0.29, 0.717) is 29.7 Å². The summed E-state index contributed by atoms with van der Waals surface area (Å²) in [6.45, 7) is 3.35. The number of piperazine rings is 1. The molecule has 3 heterocycles. The number of hydrogen-bond donors (Lipinski definition) is 1. The van der Waals surface area contributed by atoms with Crippen LogP contribution in [0, 0.1) is 11.6 Å². The van der Waals surface area contributed by atoms with Gasteiger partial charge in [-0.1, -0.05) is 37.3 Å². The Kier molecular flexibility index (Phi) is 6.15. The number of allylic oxidation sites excluding steroid dienone is 6. The molecular weight excluding hydrogens is 422 g/mol. The third kappa shape index (κ3) is 4.38. The van der Waals surface area contributed by atoms with Crippen LogP contribution in [0.4, 0.5) is 14.6 Å². The van der Waals surface area contributed by atoms with E-state index in [1.807, 2.05) is 19.1 Å². The molecule has 1 N–H and O–H groups in total. The van der Waals surface area contributed by atoms with Crippen LogP contribution in [0.3, 0.4) is 0 Å². The second-order valence-corrected chi connectivity index (χ2v) is 9.31. The molecule has 3 aliphatic rings. The fourth-order valence-corrected chi connectivity index (χ4v) is 5.23. The molecule has 1 aromatic carbocycles. The molecule has 1 aliphatic carbocycles. The first-order chi connectivity index (χ1) is 16.0. The fourth-order valence-electron chi connectivity index (χ4n) is 5.23. The van der Waals surface area contributed by atoms with Gasteiger partial charge in [0.05, 0.1) is 7.11 Å². The summed E-state index contributed by atoms with van der Waals surface area (Å²) in [7, 11) is 1.47. The second kappa shape index (κ2) is 9.21. The highest BCUT2D eigenvalue weighted by molar-refractivity contribution is 5.91. The molecule has 2 saturated heterocycles. The van der Waals surface area contributed by atoms with E-state index in [2.05, 4.69) is 38.4 Å². The molecule has 0 saturated carbocycles. The number of hydrogen-bond acceptors (Lipinski definition) is 5. The largest absolute Gasteiger partial charge is 0.467 e. The quantitative estimate of drug-likeness (QED) is 0.654. The monoisotopic (exact) mass is 452 g/mol. The van der Waals surface area contributed by atoms with E-state index in [1.54, 1.807) is 0 Å². The number of nitrogens with one attached hydrogen (secondary N) is 1. The number of fused-ring (bicyclic) bond motifs is 3. The van der Waals surface area contributed by atoms with Crippen molar-refractivity contribution >= 4 is 16.7 Å². The first kappa shape index (κ1) is 22.0. The summed E-state index contributed by atoms with van der Waals surface area (Å²) in [4.78, 5) is 10.9. The molecule has 3 atom stereocenters. The van der Waals surface area contributed by atoms with Crippen molar-refractivity contribution in [1.29, 1.82) is 0 Å². The smallest absolute Gasteiger partial charge is 0.318 e. The molecule has 2 aliphatic heterocycles. The number of anilines is 1. The molecule has 174 valence electrons. The van der Waals surface area contributed by atoms with E-state index in [9.17, 15) is 0 Å². The van der Waals surface area contributed by atoms with Crippen LogP contribution in [0.15, 0.2) is 42.0 Å². The van der Waals surface area contributed by atoms with Gasteiger partial charge in [0.15, 0.2) is 5.82 Å². The van der Waals surface area contributed by atoms with Crippen molar-refractivity contribution in [3.8, 4) is 6.01 Å². The van der Waals surface area contributed by atoms with Gasteiger partial charge in [-0.15, -0.1) is 0 Å². The zero-order valence-electron chi connectivity index (χ0n) is 19.2. The average Bonchev–Trinajstić information content (AvgIpc) is 3.16. The maximum Gasteiger partial charge on any atom is 0.318 e. The van der Waals surface area contributed by atoms with Gasteiger partial charge in [-0.05, 0) is 49.7 Å². The van der Waals surface area contributed by atoms with E-state index in [1.165, 1.54) is 18.7 Å². The average molecular weight is 453 g/mol. The molecule has 1 aromatic heterocycles. The van der Waals surface area contributed by atoms with Gasteiger partial charge in [0, 0.05) is 36.1 Å². The third-order valence-electron chi connectivity index (χ3n) is 6.94. The second-order valence-electron chi connectivity index (χ2n) is 9.31. The third-order valence-corrected chi connectivity index (χ3v) is 6.94. The summed E-state index contributed by atoms with van der Waals surface area (Å²) in [5.41, 5.74) is 1.42. The number of aromatic nitrogens is 2. The summed E-state index contributed by atoms with van der Waals surface area (Å²) >= 11 is 0. The summed E-state index contributed by atoms with van der Waals surface area (Å²) < 4.78 is 36.3. The Hall–Kier alpha value is -2.80. The molecule has 0 spiro atoms. The Labute approximate surface area is 193 Å². The highest BCUT2D eigenvalue weighted by Gasteiger charge is 2.34. The fraction of sp³-hybridized carbons (Fsp3) is 0.462. The van der Waals surface area contributed by atoms with Crippen molar-refractivity contribution in [1.82, 2.24) is 15.3 Å². The van der Waals surface area contributed by atoms with Gasteiger partial charge in [0.2, 0.25) is 0 Å². The molecule has 2 fully saturated rings. The summed E-state index contributed by atoms with van der Waals surface area (Å²) in [6.07, 6.45) is 15.1. The van der Waals surface area contributed by atoms with Gasteiger partial charge in [-0.25, -0.2) is 8.78 Å². The molecule has 7 heteroatoms. The lowest BCUT2D eigenvalue weighted by molar-refractivity contribution is 0.379. The van der Waals surface area contributed by atoms with Crippen LogP contribution in [-0.2, 0) is 0 Å². The minimum absolute atomic E-state index is 0.0664. The van der Waals surface area contributed by atoms with Crippen molar-refractivity contribution in [2.24, 2.45) is 0 Å². The van der Waals surface area contributed by atoms with Crippen LogP contribution >= 0.6 is 0 Å². The Morgan fingerprint density at radius 2 is 2.03 bits per heavy atom. The molecule has 5 nitrogen and oxygen atoms in total. The molecule has 33 heavy (non-hydrogen) atoms.